The number of nitrogens with two attached hydrogens (primary N) is 1. The zero-order valence-corrected chi connectivity index (χ0v) is 10.5. The summed E-state index contributed by atoms with van der Waals surface area (Å²) in [5, 5.41) is 9.01. The summed E-state index contributed by atoms with van der Waals surface area (Å²) in [5.41, 5.74) is 8.19. The van der Waals surface area contributed by atoms with Gasteiger partial charge in [-0.15, -0.1) is 0 Å². The largest absolute Gasteiger partial charge is 0.394 e. The lowest BCUT2D eigenvalue weighted by Gasteiger charge is -2.30. The molecule has 3 N–H and O–H groups in total. The van der Waals surface area contributed by atoms with Crippen molar-refractivity contribution in [3.05, 3.63) is 35.4 Å². The first-order valence-corrected chi connectivity index (χ1v) is 6.35. The predicted molar refractivity (Wildman–Crippen MR) is 69.9 cm³/mol. The number of likely N-dealkylation sites (N-methyl/N-ethyl adjacent to an activating group) is 1. The first-order valence-electron chi connectivity index (χ1n) is 6.35. The first kappa shape index (κ1) is 12.6. The van der Waals surface area contributed by atoms with Crippen molar-refractivity contribution < 1.29 is 5.11 Å². The Bertz CT molecular complexity index is 350. The van der Waals surface area contributed by atoms with Gasteiger partial charge in [0, 0.05) is 6.54 Å². The van der Waals surface area contributed by atoms with Crippen LogP contribution in [-0.4, -0.2) is 36.8 Å². The van der Waals surface area contributed by atoms with Crippen molar-refractivity contribution in [2.75, 3.05) is 26.7 Å². The van der Waals surface area contributed by atoms with Gasteiger partial charge in [0.1, 0.15) is 0 Å². The van der Waals surface area contributed by atoms with Crippen LogP contribution >= 0.6 is 0 Å². The van der Waals surface area contributed by atoms with Gasteiger partial charge in [-0.1, -0.05) is 24.3 Å². The van der Waals surface area contributed by atoms with Crippen molar-refractivity contribution in [1.82, 2.24) is 4.90 Å². The Hall–Kier alpha value is -0.900. The summed E-state index contributed by atoms with van der Waals surface area (Å²) in [5.74, 6) is 0.646. The Balaban J connectivity index is 2.06. The zero-order valence-electron chi connectivity index (χ0n) is 10.5. The molecule has 1 fully saturated rings. The van der Waals surface area contributed by atoms with Crippen LogP contribution in [0.3, 0.4) is 0 Å². The molecule has 1 aromatic rings. The van der Waals surface area contributed by atoms with E-state index in [0.29, 0.717) is 5.92 Å². The maximum Gasteiger partial charge on any atom is 0.0624 e. The van der Waals surface area contributed by atoms with Gasteiger partial charge in [-0.25, -0.2) is 0 Å². The molecule has 0 spiro atoms. The van der Waals surface area contributed by atoms with Crippen LogP contribution in [-0.2, 0) is 0 Å². The van der Waals surface area contributed by atoms with Crippen LogP contribution in [0.25, 0.3) is 0 Å². The minimum absolute atomic E-state index is 0.00547. The van der Waals surface area contributed by atoms with Gasteiger partial charge in [0.15, 0.2) is 0 Å². The van der Waals surface area contributed by atoms with Gasteiger partial charge in [0.2, 0.25) is 0 Å². The molecule has 3 heteroatoms. The average molecular weight is 234 g/mol. The number of piperidine rings is 1. The smallest absolute Gasteiger partial charge is 0.0624 e. The van der Waals surface area contributed by atoms with Crippen LogP contribution < -0.4 is 5.73 Å². The number of hydrogen-bond donors (Lipinski definition) is 2. The van der Waals surface area contributed by atoms with Gasteiger partial charge in [-0.3, -0.25) is 0 Å². The molecule has 17 heavy (non-hydrogen) atoms. The molecule has 1 aromatic carbocycles. The molecule has 2 unspecified atom stereocenters. The number of nitrogens with zero attached hydrogens (tertiary/aromatic N) is 1. The second-order valence-electron chi connectivity index (χ2n) is 5.06. The fraction of sp³-hybridized carbons (Fsp3) is 0.571. The van der Waals surface area contributed by atoms with Crippen molar-refractivity contribution >= 4 is 0 Å². The lowest BCUT2D eigenvalue weighted by molar-refractivity contribution is 0.250. The van der Waals surface area contributed by atoms with E-state index in [1.165, 1.54) is 24.9 Å². The van der Waals surface area contributed by atoms with Crippen molar-refractivity contribution in [2.45, 2.75) is 24.8 Å². The van der Waals surface area contributed by atoms with Gasteiger partial charge < -0.3 is 15.7 Å². The third-order valence-corrected chi connectivity index (χ3v) is 3.66. The monoisotopic (exact) mass is 234 g/mol. The fourth-order valence-corrected chi connectivity index (χ4v) is 2.56. The van der Waals surface area contributed by atoms with E-state index in [-0.39, 0.29) is 12.6 Å². The lowest BCUT2D eigenvalue weighted by atomic mass is 9.90. The molecular weight excluding hydrogens is 212 g/mol. The minimum atomic E-state index is -0.252. The highest BCUT2D eigenvalue weighted by molar-refractivity contribution is 5.27. The predicted octanol–water partition coefficient (Wildman–Crippen LogP) is 1.49. The van der Waals surface area contributed by atoms with Crippen LogP contribution in [0.1, 0.15) is 35.9 Å². The number of aliphatic hydroxyl groups excluding tert-OH is 1. The third-order valence-electron chi connectivity index (χ3n) is 3.66. The summed E-state index contributed by atoms with van der Waals surface area (Å²) in [6.45, 7) is 2.36. The Kier molecular flexibility index (Phi) is 4.15. The summed E-state index contributed by atoms with van der Waals surface area (Å²) >= 11 is 0. The Morgan fingerprint density at radius 3 is 2.71 bits per heavy atom. The number of rotatable bonds is 3. The molecule has 1 aliphatic heterocycles. The molecule has 0 amide bonds. The second kappa shape index (κ2) is 5.63. The summed E-state index contributed by atoms with van der Waals surface area (Å²) in [7, 11) is 2.18. The highest BCUT2D eigenvalue weighted by atomic mass is 16.3. The zero-order chi connectivity index (χ0) is 12.3. The van der Waals surface area contributed by atoms with Gasteiger partial charge in [0.25, 0.3) is 0 Å². The number of likely N-dealkylation sites (tertiary alicyclic amines) is 1. The summed E-state index contributed by atoms with van der Waals surface area (Å²) in [4.78, 5) is 2.39. The first-order chi connectivity index (χ1) is 8.20. The molecule has 1 saturated heterocycles. The SMILES string of the molecule is CN1CCCC(c2ccc(C(N)CO)cc2)C1. The molecule has 1 aliphatic rings. The Labute approximate surface area is 103 Å². The van der Waals surface area contributed by atoms with Crippen molar-refractivity contribution in [2.24, 2.45) is 5.73 Å². The molecular formula is C14H22N2O. The van der Waals surface area contributed by atoms with Crippen molar-refractivity contribution in [3.63, 3.8) is 0 Å². The van der Waals surface area contributed by atoms with Crippen LogP contribution in [0, 0.1) is 0 Å². The Morgan fingerprint density at radius 1 is 1.41 bits per heavy atom. The highest BCUT2D eigenvalue weighted by Crippen LogP contribution is 2.26. The molecule has 0 bridgehead atoms. The maximum absolute atomic E-state index is 9.01. The number of hydrogen-bond acceptors (Lipinski definition) is 3. The maximum atomic E-state index is 9.01. The molecule has 1 heterocycles. The quantitative estimate of drug-likeness (QED) is 0.833. The van der Waals surface area contributed by atoms with Crippen LogP contribution in [0.4, 0.5) is 0 Å². The van der Waals surface area contributed by atoms with Crippen molar-refractivity contribution in [3.8, 4) is 0 Å². The Morgan fingerprint density at radius 2 is 2.12 bits per heavy atom. The molecule has 2 atom stereocenters. The summed E-state index contributed by atoms with van der Waals surface area (Å²) < 4.78 is 0. The topological polar surface area (TPSA) is 49.5 Å². The van der Waals surface area contributed by atoms with E-state index in [0.717, 1.165) is 12.1 Å². The molecule has 0 radical (unpaired) electrons. The van der Waals surface area contributed by atoms with Crippen LogP contribution in [0.15, 0.2) is 24.3 Å². The van der Waals surface area contributed by atoms with Crippen molar-refractivity contribution in [1.29, 1.82) is 0 Å². The average Bonchev–Trinajstić information content (AvgIpc) is 2.38. The third kappa shape index (κ3) is 3.06. The van der Waals surface area contributed by atoms with E-state index in [2.05, 4.69) is 24.1 Å². The molecule has 3 nitrogen and oxygen atoms in total. The summed E-state index contributed by atoms with van der Waals surface area (Å²) in [6.07, 6.45) is 2.55. The second-order valence-corrected chi connectivity index (χ2v) is 5.06. The molecule has 94 valence electrons. The van der Waals surface area contributed by atoms with Gasteiger partial charge in [-0.2, -0.15) is 0 Å². The van der Waals surface area contributed by atoms with Crippen LogP contribution in [0.2, 0.25) is 0 Å². The highest BCUT2D eigenvalue weighted by Gasteiger charge is 2.18. The van der Waals surface area contributed by atoms with E-state index in [1.807, 2.05) is 12.1 Å². The lowest BCUT2D eigenvalue weighted by Crippen LogP contribution is -2.30. The van der Waals surface area contributed by atoms with E-state index in [4.69, 9.17) is 10.8 Å². The van der Waals surface area contributed by atoms with Gasteiger partial charge in [0.05, 0.1) is 12.6 Å². The molecule has 0 aromatic heterocycles. The number of benzene rings is 1. The standard InChI is InChI=1S/C14H22N2O/c1-16-8-2-3-13(9-16)11-4-6-12(7-5-11)14(15)10-17/h4-7,13-14,17H,2-3,8-10,15H2,1H3. The van der Waals surface area contributed by atoms with Gasteiger partial charge >= 0.3 is 0 Å². The van der Waals surface area contributed by atoms with E-state index in [1.54, 1.807) is 0 Å². The van der Waals surface area contributed by atoms with E-state index >= 15 is 0 Å². The normalized spacial score (nSPS) is 23.6. The molecule has 2 rings (SSSR count). The number of aliphatic hydroxyl groups is 1. The van der Waals surface area contributed by atoms with E-state index in [9.17, 15) is 0 Å². The fourth-order valence-electron chi connectivity index (χ4n) is 2.56. The molecule has 0 aliphatic carbocycles. The van der Waals surface area contributed by atoms with Crippen LogP contribution in [0.5, 0.6) is 0 Å². The van der Waals surface area contributed by atoms with E-state index < -0.39 is 0 Å². The molecule has 0 saturated carbocycles. The summed E-state index contributed by atoms with van der Waals surface area (Å²) in [6, 6.07) is 8.16. The minimum Gasteiger partial charge on any atom is -0.394 e. The van der Waals surface area contributed by atoms with Gasteiger partial charge in [-0.05, 0) is 43.5 Å².